The lowest BCUT2D eigenvalue weighted by atomic mass is 9.85. The van der Waals surface area contributed by atoms with Crippen LogP contribution < -0.4 is 14.8 Å². The van der Waals surface area contributed by atoms with Gasteiger partial charge in [-0.05, 0) is 47.4 Å². The van der Waals surface area contributed by atoms with E-state index in [2.05, 4.69) is 10.3 Å². The lowest BCUT2D eigenvalue weighted by Gasteiger charge is -2.26. The third-order valence-corrected chi connectivity index (χ3v) is 5.63. The molecule has 4 rings (SSSR count). The van der Waals surface area contributed by atoms with Gasteiger partial charge >= 0.3 is 0 Å². The molecule has 6 heteroatoms. The van der Waals surface area contributed by atoms with E-state index in [0.29, 0.717) is 24.7 Å². The van der Waals surface area contributed by atoms with Crippen LogP contribution in [0.1, 0.15) is 45.4 Å². The Bertz CT molecular complexity index is 1040. The number of rotatable bonds is 9. The number of aromatic nitrogens is 1. The zero-order valence-electron chi connectivity index (χ0n) is 17.7. The summed E-state index contributed by atoms with van der Waals surface area (Å²) >= 11 is 0. The van der Waals surface area contributed by atoms with Crippen LogP contribution in [0.3, 0.4) is 0 Å². The molecule has 2 atom stereocenters. The Morgan fingerprint density at radius 3 is 2.65 bits per heavy atom. The number of carbonyl (C=O) groups excluding carboxylic acids is 1. The van der Waals surface area contributed by atoms with Gasteiger partial charge < -0.3 is 19.5 Å². The first-order valence-corrected chi connectivity index (χ1v) is 10.3. The van der Waals surface area contributed by atoms with Crippen LogP contribution in [0.2, 0.25) is 0 Å². The van der Waals surface area contributed by atoms with Crippen LogP contribution in [0.25, 0.3) is 0 Å². The van der Waals surface area contributed by atoms with Gasteiger partial charge in [-0.1, -0.05) is 30.3 Å². The van der Waals surface area contributed by atoms with Crippen LogP contribution in [0.15, 0.2) is 67.0 Å². The van der Waals surface area contributed by atoms with Gasteiger partial charge in [0.1, 0.15) is 0 Å². The van der Waals surface area contributed by atoms with Crippen molar-refractivity contribution in [2.45, 2.75) is 25.0 Å². The van der Waals surface area contributed by atoms with Crippen molar-refractivity contribution in [2.24, 2.45) is 0 Å². The van der Waals surface area contributed by atoms with Crippen molar-refractivity contribution in [1.82, 2.24) is 10.3 Å². The number of pyridine rings is 1. The minimum Gasteiger partial charge on any atom is -0.493 e. The normalized spacial score (nSPS) is 15.8. The van der Waals surface area contributed by atoms with Crippen LogP contribution in [0, 0.1) is 0 Å². The summed E-state index contributed by atoms with van der Waals surface area (Å²) < 4.78 is 16.8. The van der Waals surface area contributed by atoms with E-state index >= 15 is 0 Å². The molecule has 0 radical (unpaired) electrons. The Kier molecular flexibility index (Phi) is 6.48. The second-order valence-electron chi connectivity index (χ2n) is 7.46. The molecule has 1 amide bonds. The maximum absolute atomic E-state index is 12.6. The summed E-state index contributed by atoms with van der Waals surface area (Å²) in [6.07, 6.45) is 4.28. The zero-order valence-corrected chi connectivity index (χ0v) is 17.7. The average Bonchev–Trinajstić information content (AvgIpc) is 3.15. The smallest absolute Gasteiger partial charge is 0.252 e. The molecule has 0 spiro atoms. The maximum Gasteiger partial charge on any atom is 0.252 e. The first-order valence-electron chi connectivity index (χ1n) is 10.3. The number of nitrogens with one attached hydrogen (secondary N) is 1. The number of ether oxygens (including phenoxy) is 3. The van der Waals surface area contributed by atoms with Gasteiger partial charge in [-0.2, -0.15) is 0 Å². The van der Waals surface area contributed by atoms with E-state index in [1.54, 1.807) is 26.6 Å². The van der Waals surface area contributed by atoms with Crippen LogP contribution in [0.4, 0.5) is 0 Å². The summed E-state index contributed by atoms with van der Waals surface area (Å²) in [5.41, 5.74) is 3.84. The third kappa shape index (κ3) is 4.54. The summed E-state index contributed by atoms with van der Waals surface area (Å²) in [4.78, 5) is 16.7. The van der Waals surface area contributed by atoms with Crippen molar-refractivity contribution in [3.05, 3.63) is 89.2 Å². The third-order valence-electron chi connectivity index (χ3n) is 5.63. The summed E-state index contributed by atoms with van der Waals surface area (Å²) in [5.74, 6) is 1.32. The summed E-state index contributed by atoms with van der Waals surface area (Å²) in [6.45, 7) is 1.04. The molecule has 1 aromatic heterocycles. The van der Waals surface area contributed by atoms with Crippen molar-refractivity contribution in [3.63, 3.8) is 0 Å². The Hall–Kier alpha value is -3.38. The molecule has 0 fully saturated rings. The largest absolute Gasteiger partial charge is 0.493 e. The molecule has 0 aliphatic carbocycles. The highest BCUT2D eigenvalue weighted by Crippen LogP contribution is 2.41. The second-order valence-corrected chi connectivity index (χ2v) is 7.46. The van der Waals surface area contributed by atoms with Crippen molar-refractivity contribution >= 4 is 5.91 Å². The van der Waals surface area contributed by atoms with Crippen molar-refractivity contribution < 1.29 is 19.0 Å². The van der Waals surface area contributed by atoms with Gasteiger partial charge in [0.15, 0.2) is 11.5 Å². The Balaban J connectivity index is 1.58. The van der Waals surface area contributed by atoms with E-state index in [1.807, 2.05) is 54.6 Å². The van der Waals surface area contributed by atoms with Crippen molar-refractivity contribution in [3.8, 4) is 11.5 Å². The molecule has 0 bridgehead atoms. The first-order chi connectivity index (χ1) is 15.2. The highest BCUT2D eigenvalue weighted by Gasteiger charge is 2.35. The molecule has 1 N–H and O–H groups in total. The quantitative estimate of drug-likeness (QED) is 0.526. The molecule has 0 saturated heterocycles. The molecular formula is C25H26N2O4. The van der Waals surface area contributed by atoms with Crippen LogP contribution in [-0.2, 0) is 11.3 Å². The van der Waals surface area contributed by atoms with E-state index in [9.17, 15) is 4.79 Å². The molecule has 2 aromatic carbocycles. The van der Waals surface area contributed by atoms with Crippen LogP contribution in [0.5, 0.6) is 11.5 Å². The van der Waals surface area contributed by atoms with Gasteiger partial charge in [0, 0.05) is 30.5 Å². The van der Waals surface area contributed by atoms with E-state index < -0.39 is 0 Å². The Morgan fingerprint density at radius 1 is 1.03 bits per heavy atom. The van der Waals surface area contributed by atoms with Crippen molar-refractivity contribution in [2.75, 3.05) is 20.8 Å². The lowest BCUT2D eigenvalue weighted by molar-refractivity contribution is 0.0933. The second kappa shape index (κ2) is 9.62. The molecule has 160 valence electrons. The fourth-order valence-electron chi connectivity index (χ4n) is 4.08. The highest BCUT2D eigenvalue weighted by molar-refractivity contribution is 5.99. The molecule has 6 nitrogen and oxygen atoms in total. The maximum atomic E-state index is 12.6. The van der Waals surface area contributed by atoms with Crippen molar-refractivity contribution in [1.29, 1.82) is 0 Å². The number of nitrogens with zero attached hydrogens (tertiary/aromatic N) is 1. The molecule has 1 aliphatic rings. The van der Waals surface area contributed by atoms with Gasteiger partial charge in [0.25, 0.3) is 5.91 Å². The van der Waals surface area contributed by atoms with Crippen LogP contribution in [-0.4, -0.2) is 31.7 Å². The molecule has 3 aromatic rings. The van der Waals surface area contributed by atoms with Crippen LogP contribution >= 0.6 is 0 Å². The Labute approximate surface area is 182 Å². The summed E-state index contributed by atoms with van der Waals surface area (Å²) in [7, 11) is 3.25. The number of carbonyl (C=O) groups is 1. The number of amides is 1. The number of hydrogen-bond acceptors (Lipinski definition) is 5. The average molecular weight is 418 g/mol. The molecule has 1 unspecified atom stereocenters. The summed E-state index contributed by atoms with van der Waals surface area (Å²) in [5, 5.41) is 3.17. The highest BCUT2D eigenvalue weighted by atomic mass is 16.5. The van der Waals surface area contributed by atoms with Gasteiger partial charge in [0.05, 0.1) is 26.9 Å². The molecule has 0 saturated carbocycles. The van der Waals surface area contributed by atoms with Gasteiger partial charge in [-0.3, -0.25) is 9.78 Å². The topological polar surface area (TPSA) is 69.7 Å². The fourth-order valence-corrected chi connectivity index (χ4v) is 4.08. The molecule has 31 heavy (non-hydrogen) atoms. The first kappa shape index (κ1) is 20.9. The molecule has 2 heterocycles. The number of fused-ring (bicyclic) bond motifs is 1. The van der Waals surface area contributed by atoms with Gasteiger partial charge in [-0.15, -0.1) is 0 Å². The van der Waals surface area contributed by atoms with Gasteiger partial charge in [0.2, 0.25) is 0 Å². The number of methoxy groups -OCH3 is 2. The zero-order chi connectivity index (χ0) is 21.6. The lowest BCUT2D eigenvalue weighted by Crippen LogP contribution is -2.25. The minimum absolute atomic E-state index is 0.0151. The van der Waals surface area contributed by atoms with E-state index in [0.717, 1.165) is 28.7 Å². The van der Waals surface area contributed by atoms with E-state index in [1.165, 1.54) is 0 Å². The number of hydrogen-bond donors (Lipinski definition) is 1. The number of benzene rings is 2. The standard InChI is InChI=1S/C25H26N2O4/c1-29-22-10-9-18(14-23(22)30-2)19(11-13-31-16-17-6-5-12-26-15-17)24-20-7-3-4-8-21(20)25(28)27-24/h3-10,12,14-15,19,24H,11,13,16H2,1-2H3,(H,27,28)/t19?,24-/m1/s1. The van der Waals surface area contributed by atoms with E-state index in [4.69, 9.17) is 14.2 Å². The minimum atomic E-state index is -0.135. The molecule has 1 aliphatic heterocycles. The molecular weight excluding hydrogens is 392 g/mol. The summed E-state index contributed by atoms with van der Waals surface area (Å²) in [6, 6.07) is 17.4. The SMILES string of the molecule is COc1ccc(C(CCOCc2cccnc2)[C@H]2NC(=O)c3ccccc32)cc1OC. The predicted molar refractivity (Wildman–Crippen MR) is 117 cm³/mol. The monoisotopic (exact) mass is 418 g/mol. The fraction of sp³-hybridized carbons (Fsp3) is 0.280. The van der Waals surface area contributed by atoms with E-state index in [-0.39, 0.29) is 17.9 Å². The predicted octanol–water partition coefficient (Wildman–Crippen LogP) is 4.27. The Morgan fingerprint density at radius 2 is 1.87 bits per heavy atom. The van der Waals surface area contributed by atoms with Gasteiger partial charge in [-0.25, -0.2) is 0 Å².